The molecule has 3 aromatic heterocycles. The number of aromatic nitrogens is 3. The van der Waals surface area contributed by atoms with Gasteiger partial charge in [0.2, 0.25) is 0 Å². The van der Waals surface area contributed by atoms with E-state index in [9.17, 15) is 9.59 Å². The second kappa shape index (κ2) is 8.02. The van der Waals surface area contributed by atoms with Gasteiger partial charge in [0.05, 0.1) is 18.8 Å². The fourth-order valence-corrected chi connectivity index (χ4v) is 3.05. The van der Waals surface area contributed by atoms with Crippen LogP contribution in [-0.4, -0.2) is 20.3 Å². The van der Waals surface area contributed by atoms with Crippen molar-refractivity contribution in [3.63, 3.8) is 0 Å². The largest absolute Gasteiger partial charge is 0.454 e. The number of amides is 1. The Morgan fingerprint density at radius 3 is 2.62 bits per heavy atom. The summed E-state index contributed by atoms with van der Waals surface area (Å²) in [4.78, 5) is 24.5. The molecule has 0 atom stereocenters. The van der Waals surface area contributed by atoms with Crippen LogP contribution in [0.1, 0.15) is 27.6 Å². The maximum absolute atomic E-state index is 12.6. The maximum Gasteiger partial charge on any atom is 0.292 e. The monoisotopic (exact) mass is 388 g/mol. The summed E-state index contributed by atoms with van der Waals surface area (Å²) in [5, 5.41) is 7.31. The number of rotatable bonds is 6. The van der Waals surface area contributed by atoms with Crippen molar-refractivity contribution in [2.45, 2.75) is 20.0 Å². The predicted octanol–water partition coefficient (Wildman–Crippen LogP) is 3.30. The van der Waals surface area contributed by atoms with Crippen LogP contribution >= 0.6 is 0 Å². The molecule has 7 nitrogen and oxygen atoms in total. The van der Waals surface area contributed by atoms with Crippen LogP contribution in [0, 0.1) is 6.92 Å². The predicted molar refractivity (Wildman–Crippen MR) is 109 cm³/mol. The molecule has 4 rings (SSSR count). The summed E-state index contributed by atoms with van der Waals surface area (Å²) in [7, 11) is 0. The quantitative estimate of drug-likeness (QED) is 0.549. The Kier molecular flexibility index (Phi) is 5.11. The molecular weight excluding hydrogens is 368 g/mol. The molecule has 0 aliphatic rings. The van der Waals surface area contributed by atoms with Crippen molar-refractivity contribution in [3.05, 3.63) is 106 Å². The zero-order valence-electron chi connectivity index (χ0n) is 15.9. The lowest BCUT2D eigenvalue weighted by Crippen LogP contribution is -2.18. The van der Waals surface area contributed by atoms with Gasteiger partial charge in [0.1, 0.15) is 11.6 Å². The number of pyridine rings is 1. The van der Waals surface area contributed by atoms with E-state index in [4.69, 9.17) is 4.42 Å². The van der Waals surface area contributed by atoms with Crippen LogP contribution < -0.4 is 10.9 Å². The molecule has 0 saturated carbocycles. The van der Waals surface area contributed by atoms with E-state index < -0.39 is 0 Å². The van der Waals surface area contributed by atoms with Crippen LogP contribution in [-0.2, 0) is 13.1 Å². The molecule has 146 valence electrons. The standard InChI is InChI=1S/C22H20N4O3/c1-16-13-20(26(24-16)14-17-7-3-2-4-8-17)23-22(28)19-11-10-18(29-19)15-25-12-6-5-9-21(25)27/h2-13H,14-15H2,1H3,(H,23,28). The molecule has 29 heavy (non-hydrogen) atoms. The summed E-state index contributed by atoms with van der Waals surface area (Å²) in [5.74, 6) is 0.922. The Bertz CT molecular complexity index is 1190. The molecule has 7 heteroatoms. The average molecular weight is 388 g/mol. The number of aryl methyl sites for hydroxylation is 1. The zero-order chi connectivity index (χ0) is 20.2. The molecule has 0 bridgehead atoms. The van der Waals surface area contributed by atoms with E-state index in [1.807, 2.05) is 43.3 Å². The molecule has 0 aliphatic carbocycles. The molecule has 3 heterocycles. The number of benzene rings is 1. The van der Waals surface area contributed by atoms with E-state index in [2.05, 4.69) is 10.4 Å². The van der Waals surface area contributed by atoms with Crippen molar-refractivity contribution in [1.29, 1.82) is 0 Å². The lowest BCUT2D eigenvalue weighted by molar-refractivity contribution is 0.0993. The molecule has 0 fully saturated rings. The van der Waals surface area contributed by atoms with Crippen LogP contribution in [0.25, 0.3) is 0 Å². The first-order chi connectivity index (χ1) is 14.1. The van der Waals surface area contributed by atoms with E-state index in [-0.39, 0.29) is 23.8 Å². The van der Waals surface area contributed by atoms with Gasteiger partial charge in [-0.15, -0.1) is 0 Å². The SMILES string of the molecule is Cc1cc(NC(=O)c2ccc(Cn3ccccc3=O)o2)n(Cc2ccccc2)n1. The van der Waals surface area contributed by atoms with Gasteiger partial charge in [0.15, 0.2) is 5.76 Å². The number of carbonyl (C=O) groups is 1. The van der Waals surface area contributed by atoms with Crippen molar-refractivity contribution in [2.24, 2.45) is 0 Å². The third kappa shape index (κ3) is 4.35. The van der Waals surface area contributed by atoms with Crippen LogP contribution in [0.3, 0.4) is 0 Å². The molecule has 1 aromatic carbocycles. The second-order valence-corrected chi connectivity index (χ2v) is 6.70. The van der Waals surface area contributed by atoms with Gasteiger partial charge in [-0.2, -0.15) is 5.10 Å². The molecule has 0 radical (unpaired) electrons. The normalized spacial score (nSPS) is 10.8. The van der Waals surface area contributed by atoms with Crippen LogP contribution in [0.2, 0.25) is 0 Å². The molecule has 0 aliphatic heterocycles. The number of nitrogens with zero attached hydrogens (tertiary/aromatic N) is 3. The highest BCUT2D eigenvalue weighted by molar-refractivity contribution is 6.01. The number of hydrogen-bond acceptors (Lipinski definition) is 4. The molecule has 4 aromatic rings. The van der Waals surface area contributed by atoms with Gasteiger partial charge in [-0.3, -0.25) is 9.59 Å². The van der Waals surface area contributed by atoms with Gasteiger partial charge in [-0.1, -0.05) is 36.4 Å². The number of hydrogen-bond donors (Lipinski definition) is 1. The third-order valence-corrected chi connectivity index (χ3v) is 4.43. The Balaban J connectivity index is 1.48. The smallest absolute Gasteiger partial charge is 0.292 e. The average Bonchev–Trinajstić information content (AvgIpc) is 3.31. The summed E-state index contributed by atoms with van der Waals surface area (Å²) in [6.07, 6.45) is 1.68. The highest BCUT2D eigenvalue weighted by atomic mass is 16.4. The first kappa shape index (κ1) is 18.5. The van der Waals surface area contributed by atoms with Crippen molar-refractivity contribution in [3.8, 4) is 0 Å². The second-order valence-electron chi connectivity index (χ2n) is 6.70. The first-order valence-electron chi connectivity index (χ1n) is 9.22. The summed E-state index contributed by atoms with van der Waals surface area (Å²) < 4.78 is 8.90. The fourth-order valence-electron chi connectivity index (χ4n) is 3.05. The number of nitrogens with one attached hydrogen (secondary N) is 1. The topological polar surface area (TPSA) is 82.1 Å². The van der Waals surface area contributed by atoms with E-state index in [0.717, 1.165) is 11.3 Å². The van der Waals surface area contributed by atoms with Crippen LogP contribution in [0.4, 0.5) is 5.82 Å². The van der Waals surface area contributed by atoms with Crippen LogP contribution in [0.15, 0.2) is 82.1 Å². The highest BCUT2D eigenvalue weighted by Crippen LogP contribution is 2.16. The van der Waals surface area contributed by atoms with Crippen molar-refractivity contribution in [2.75, 3.05) is 5.32 Å². The highest BCUT2D eigenvalue weighted by Gasteiger charge is 2.15. The van der Waals surface area contributed by atoms with E-state index in [0.29, 0.717) is 18.1 Å². The fraction of sp³-hybridized carbons (Fsp3) is 0.136. The van der Waals surface area contributed by atoms with Gasteiger partial charge >= 0.3 is 0 Å². The maximum atomic E-state index is 12.6. The minimum Gasteiger partial charge on any atom is -0.454 e. The first-order valence-corrected chi connectivity index (χ1v) is 9.22. The van der Waals surface area contributed by atoms with E-state index >= 15 is 0 Å². The van der Waals surface area contributed by atoms with Gasteiger partial charge in [-0.25, -0.2) is 4.68 Å². The molecule has 1 N–H and O–H groups in total. The van der Waals surface area contributed by atoms with Crippen molar-refractivity contribution < 1.29 is 9.21 Å². The third-order valence-electron chi connectivity index (χ3n) is 4.43. The summed E-state index contributed by atoms with van der Waals surface area (Å²) in [5.41, 5.74) is 1.76. The number of carbonyl (C=O) groups excluding carboxylic acids is 1. The lowest BCUT2D eigenvalue weighted by atomic mass is 10.2. The molecule has 1 amide bonds. The lowest BCUT2D eigenvalue weighted by Gasteiger charge is -2.08. The summed E-state index contributed by atoms with van der Waals surface area (Å²) in [6.45, 7) is 2.68. The molecule has 0 saturated heterocycles. The van der Waals surface area contributed by atoms with E-state index in [1.54, 1.807) is 35.1 Å². The number of furan rings is 1. The Morgan fingerprint density at radius 1 is 1.03 bits per heavy atom. The van der Waals surface area contributed by atoms with Crippen molar-refractivity contribution >= 4 is 11.7 Å². The van der Waals surface area contributed by atoms with Crippen LogP contribution in [0.5, 0.6) is 0 Å². The Morgan fingerprint density at radius 2 is 1.83 bits per heavy atom. The number of anilines is 1. The Labute approximate surface area is 167 Å². The minimum atomic E-state index is -0.370. The van der Waals surface area contributed by atoms with Gasteiger partial charge < -0.3 is 14.3 Å². The molecule has 0 spiro atoms. The van der Waals surface area contributed by atoms with Gasteiger partial charge in [-0.05, 0) is 30.7 Å². The Hall–Kier alpha value is -3.87. The van der Waals surface area contributed by atoms with Crippen molar-refractivity contribution in [1.82, 2.24) is 14.3 Å². The van der Waals surface area contributed by atoms with Gasteiger partial charge in [0.25, 0.3) is 11.5 Å². The molecular formula is C22H20N4O3. The van der Waals surface area contributed by atoms with E-state index in [1.165, 1.54) is 10.6 Å². The van der Waals surface area contributed by atoms with Gasteiger partial charge in [0, 0.05) is 18.3 Å². The zero-order valence-corrected chi connectivity index (χ0v) is 15.9. The summed E-state index contributed by atoms with van der Waals surface area (Å²) >= 11 is 0. The summed E-state index contributed by atoms with van der Waals surface area (Å²) in [6, 6.07) is 19.9. The molecule has 0 unspecified atom stereocenters. The minimum absolute atomic E-state index is 0.129.